The van der Waals surface area contributed by atoms with E-state index in [-0.39, 0.29) is 5.75 Å². The van der Waals surface area contributed by atoms with E-state index in [1.54, 1.807) is 0 Å². The summed E-state index contributed by atoms with van der Waals surface area (Å²) in [5.74, 6) is 0.225. The molecule has 1 saturated heterocycles. The fourth-order valence-electron chi connectivity index (χ4n) is 3.01. The van der Waals surface area contributed by atoms with Gasteiger partial charge in [0.2, 0.25) is 0 Å². The van der Waals surface area contributed by atoms with Crippen molar-refractivity contribution in [1.29, 1.82) is 0 Å². The molecule has 0 unspecified atom stereocenters. The Bertz CT molecular complexity index is 516. The van der Waals surface area contributed by atoms with Gasteiger partial charge in [0, 0.05) is 0 Å². The maximum atomic E-state index is 12.4. The van der Waals surface area contributed by atoms with Crippen molar-refractivity contribution < 1.29 is 8.42 Å². The minimum Gasteiger partial charge on any atom is -0.317 e. The second-order valence-electron chi connectivity index (χ2n) is 4.66. The van der Waals surface area contributed by atoms with Crippen LogP contribution in [0.25, 0.3) is 0 Å². The molecule has 0 saturated carbocycles. The molecule has 2 heterocycles. The average molecular weight is 237 g/mol. The van der Waals surface area contributed by atoms with Crippen molar-refractivity contribution in [1.82, 2.24) is 5.32 Å². The van der Waals surface area contributed by atoms with Gasteiger partial charge in [-0.25, -0.2) is 8.42 Å². The molecule has 1 aromatic rings. The van der Waals surface area contributed by atoms with Crippen LogP contribution in [0, 0.1) is 0 Å². The van der Waals surface area contributed by atoms with Crippen LogP contribution in [0.1, 0.15) is 24.0 Å². The molecule has 16 heavy (non-hydrogen) atoms. The van der Waals surface area contributed by atoms with Crippen molar-refractivity contribution in [3.05, 3.63) is 35.4 Å². The van der Waals surface area contributed by atoms with Crippen LogP contribution in [0.15, 0.2) is 24.3 Å². The van der Waals surface area contributed by atoms with Gasteiger partial charge < -0.3 is 5.32 Å². The molecule has 0 atom stereocenters. The Morgan fingerprint density at radius 2 is 1.81 bits per heavy atom. The third kappa shape index (κ3) is 1.20. The predicted molar refractivity (Wildman–Crippen MR) is 62.8 cm³/mol. The van der Waals surface area contributed by atoms with Crippen LogP contribution in [0.5, 0.6) is 0 Å². The number of rotatable bonds is 0. The quantitative estimate of drug-likeness (QED) is 0.737. The first-order valence-corrected chi connectivity index (χ1v) is 7.32. The van der Waals surface area contributed by atoms with Crippen LogP contribution < -0.4 is 5.32 Å². The Morgan fingerprint density at radius 1 is 1.12 bits per heavy atom. The van der Waals surface area contributed by atoms with Crippen LogP contribution in [-0.4, -0.2) is 21.5 Å². The van der Waals surface area contributed by atoms with Crippen LogP contribution in [-0.2, 0) is 20.3 Å². The van der Waals surface area contributed by atoms with Gasteiger partial charge >= 0.3 is 0 Å². The number of piperidine rings is 1. The molecular formula is C12H15NO2S. The van der Waals surface area contributed by atoms with Crippen molar-refractivity contribution in [3.8, 4) is 0 Å². The first kappa shape index (κ1) is 10.3. The van der Waals surface area contributed by atoms with Crippen molar-refractivity contribution in [2.45, 2.75) is 23.3 Å². The van der Waals surface area contributed by atoms with Crippen molar-refractivity contribution >= 4 is 9.84 Å². The highest BCUT2D eigenvalue weighted by Gasteiger charge is 2.51. The van der Waals surface area contributed by atoms with Crippen LogP contribution in [0.2, 0.25) is 0 Å². The maximum absolute atomic E-state index is 12.4. The molecule has 0 aromatic heterocycles. The number of sulfone groups is 1. The lowest BCUT2D eigenvalue weighted by molar-refractivity contribution is 0.401. The average Bonchev–Trinajstić information content (AvgIpc) is 2.49. The van der Waals surface area contributed by atoms with Crippen LogP contribution >= 0.6 is 0 Å². The molecule has 4 heteroatoms. The number of fused-ring (bicyclic) bond motifs is 2. The van der Waals surface area contributed by atoms with E-state index in [1.165, 1.54) is 0 Å². The summed E-state index contributed by atoms with van der Waals surface area (Å²) in [5.41, 5.74) is 2.06. The maximum Gasteiger partial charge on any atom is 0.164 e. The molecular weight excluding hydrogens is 222 g/mol. The number of hydrogen-bond acceptors (Lipinski definition) is 3. The molecule has 1 aromatic carbocycles. The fraction of sp³-hybridized carbons (Fsp3) is 0.500. The molecule has 0 bridgehead atoms. The van der Waals surface area contributed by atoms with Gasteiger partial charge in [0.1, 0.15) is 4.75 Å². The summed E-state index contributed by atoms with van der Waals surface area (Å²) >= 11 is 0. The summed E-state index contributed by atoms with van der Waals surface area (Å²) in [6.07, 6.45) is 1.43. The van der Waals surface area contributed by atoms with E-state index in [1.807, 2.05) is 24.3 Å². The van der Waals surface area contributed by atoms with Crippen molar-refractivity contribution in [2.24, 2.45) is 0 Å². The zero-order valence-corrected chi connectivity index (χ0v) is 9.89. The third-order valence-corrected chi connectivity index (χ3v) is 6.37. The van der Waals surface area contributed by atoms with E-state index in [0.29, 0.717) is 12.8 Å². The van der Waals surface area contributed by atoms with Gasteiger partial charge in [-0.2, -0.15) is 0 Å². The number of nitrogens with one attached hydrogen (secondary N) is 1. The lowest BCUT2D eigenvalue weighted by Gasteiger charge is -2.33. The van der Waals surface area contributed by atoms with Crippen molar-refractivity contribution in [2.75, 3.05) is 13.1 Å². The number of hydrogen-bond donors (Lipinski definition) is 1. The molecule has 3 rings (SSSR count). The molecule has 1 N–H and O–H groups in total. The Labute approximate surface area is 95.8 Å². The van der Waals surface area contributed by atoms with E-state index in [0.717, 1.165) is 24.2 Å². The highest BCUT2D eigenvalue weighted by Crippen LogP contribution is 2.47. The minimum absolute atomic E-state index is 0.225. The van der Waals surface area contributed by atoms with Crippen molar-refractivity contribution in [3.63, 3.8) is 0 Å². The summed E-state index contributed by atoms with van der Waals surface area (Å²) in [6.45, 7) is 1.60. The Morgan fingerprint density at radius 3 is 2.56 bits per heavy atom. The molecule has 0 amide bonds. The first-order valence-electron chi connectivity index (χ1n) is 5.67. The topological polar surface area (TPSA) is 46.2 Å². The van der Waals surface area contributed by atoms with Gasteiger partial charge in [0.15, 0.2) is 9.84 Å². The standard InChI is InChI=1S/C12H15NO2S/c14-16(15)9-10-3-1-2-4-11(10)12(16)5-7-13-8-6-12/h1-4,13H,5-9H2. The van der Waals surface area contributed by atoms with Gasteiger partial charge in [-0.15, -0.1) is 0 Å². The largest absolute Gasteiger partial charge is 0.317 e. The summed E-state index contributed by atoms with van der Waals surface area (Å²) in [5, 5.41) is 3.24. The van der Waals surface area contributed by atoms with E-state index >= 15 is 0 Å². The minimum atomic E-state index is -3.01. The predicted octanol–water partition coefficient (Wildman–Crippen LogP) is 1.19. The van der Waals surface area contributed by atoms with Gasteiger partial charge in [0.05, 0.1) is 5.75 Å². The molecule has 2 aliphatic heterocycles. The lowest BCUT2D eigenvalue weighted by Crippen LogP contribution is -2.43. The summed E-state index contributed by atoms with van der Waals surface area (Å²) in [4.78, 5) is 0. The van der Waals surface area contributed by atoms with E-state index in [2.05, 4.69) is 5.32 Å². The lowest BCUT2D eigenvalue weighted by atomic mass is 9.87. The summed E-state index contributed by atoms with van der Waals surface area (Å²) < 4.78 is 24.1. The first-order chi connectivity index (χ1) is 7.66. The highest BCUT2D eigenvalue weighted by molar-refractivity contribution is 7.92. The van der Waals surface area contributed by atoms with E-state index in [4.69, 9.17) is 0 Å². The number of benzene rings is 1. The fourth-order valence-corrected chi connectivity index (χ4v) is 5.31. The highest BCUT2D eigenvalue weighted by atomic mass is 32.2. The van der Waals surface area contributed by atoms with E-state index in [9.17, 15) is 8.42 Å². The van der Waals surface area contributed by atoms with Crippen LogP contribution in [0.4, 0.5) is 0 Å². The SMILES string of the molecule is O=S1(=O)Cc2ccccc2C12CCNCC2. The van der Waals surface area contributed by atoms with Gasteiger partial charge in [0.25, 0.3) is 0 Å². The van der Waals surface area contributed by atoms with Crippen LogP contribution in [0.3, 0.4) is 0 Å². The zero-order chi connectivity index (χ0) is 11.2. The Hall–Kier alpha value is -0.870. The van der Waals surface area contributed by atoms with Gasteiger partial charge in [-0.05, 0) is 37.1 Å². The summed E-state index contributed by atoms with van der Waals surface area (Å²) in [7, 11) is -3.01. The molecule has 1 spiro atoms. The van der Waals surface area contributed by atoms with E-state index < -0.39 is 14.6 Å². The molecule has 2 aliphatic rings. The molecule has 3 nitrogen and oxygen atoms in total. The Kier molecular flexibility index (Phi) is 2.13. The van der Waals surface area contributed by atoms with Gasteiger partial charge in [-0.1, -0.05) is 24.3 Å². The monoisotopic (exact) mass is 237 g/mol. The molecule has 1 fully saturated rings. The molecule has 86 valence electrons. The second-order valence-corrected chi connectivity index (χ2v) is 6.96. The molecule has 0 radical (unpaired) electrons. The summed E-state index contributed by atoms with van der Waals surface area (Å²) in [6, 6.07) is 7.81. The normalized spacial score (nSPS) is 25.5. The zero-order valence-electron chi connectivity index (χ0n) is 9.07. The van der Waals surface area contributed by atoms with Gasteiger partial charge in [-0.3, -0.25) is 0 Å². The smallest absolute Gasteiger partial charge is 0.164 e. The molecule has 0 aliphatic carbocycles. The Balaban J connectivity index is 2.21. The third-order valence-electron chi connectivity index (χ3n) is 3.86. The second kappa shape index (κ2) is 3.31.